The highest BCUT2D eigenvalue weighted by molar-refractivity contribution is 5.77. The smallest absolute Gasteiger partial charge is 0.245 e. The molecule has 0 unspecified atom stereocenters. The first-order valence-corrected chi connectivity index (χ1v) is 9.56. The molecule has 28 heavy (non-hydrogen) atoms. The Labute approximate surface area is 165 Å². The van der Waals surface area contributed by atoms with Crippen molar-refractivity contribution in [1.82, 2.24) is 14.9 Å². The van der Waals surface area contributed by atoms with E-state index < -0.39 is 0 Å². The van der Waals surface area contributed by atoms with Gasteiger partial charge >= 0.3 is 0 Å². The molecule has 3 rings (SSSR count). The second-order valence-corrected chi connectivity index (χ2v) is 6.72. The molecule has 0 aliphatic carbocycles. The number of carbonyl (C=O) groups excluding carboxylic acids is 1. The monoisotopic (exact) mass is 381 g/mol. The Bertz CT molecular complexity index is 903. The van der Waals surface area contributed by atoms with E-state index in [1.54, 1.807) is 0 Å². The number of nitrogens with one attached hydrogen (secondary N) is 1. The third kappa shape index (κ3) is 5.33. The molecule has 148 valence electrons. The molecular formula is C22H27N3O3. The van der Waals surface area contributed by atoms with Gasteiger partial charge in [0, 0.05) is 26.6 Å². The van der Waals surface area contributed by atoms with Crippen molar-refractivity contribution in [3.8, 4) is 5.75 Å². The molecule has 0 saturated heterocycles. The van der Waals surface area contributed by atoms with Crippen LogP contribution in [0, 0.1) is 6.92 Å². The number of aryl methyl sites for hydroxylation is 2. The van der Waals surface area contributed by atoms with E-state index in [1.807, 2.05) is 30.3 Å². The van der Waals surface area contributed by atoms with Gasteiger partial charge in [-0.15, -0.1) is 0 Å². The van der Waals surface area contributed by atoms with Gasteiger partial charge in [0.25, 0.3) is 0 Å². The molecule has 1 amide bonds. The van der Waals surface area contributed by atoms with E-state index in [0.29, 0.717) is 19.6 Å². The quantitative estimate of drug-likeness (QED) is 0.548. The van der Waals surface area contributed by atoms with Gasteiger partial charge in [-0.1, -0.05) is 29.8 Å². The Hall–Kier alpha value is -2.86. The average Bonchev–Trinajstić information content (AvgIpc) is 3.04. The molecule has 0 radical (unpaired) electrons. The second kappa shape index (κ2) is 9.90. The molecule has 6 nitrogen and oxygen atoms in total. The summed E-state index contributed by atoms with van der Waals surface area (Å²) in [6.45, 7) is 4.12. The Morgan fingerprint density at radius 1 is 1.14 bits per heavy atom. The summed E-state index contributed by atoms with van der Waals surface area (Å²) in [5.74, 6) is 1.74. The molecule has 2 aromatic carbocycles. The number of ether oxygens (including phenoxy) is 2. The number of nitrogens with zero attached hydrogens (tertiary/aromatic N) is 2. The zero-order chi connectivity index (χ0) is 19.8. The van der Waals surface area contributed by atoms with Crippen LogP contribution in [0.4, 0.5) is 0 Å². The van der Waals surface area contributed by atoms with E-state index in [1.165, 1.54) is 12.7 Å². The van der Waals surface area contributed by atoms with Crippen molar-refractivity contribution >= 4 is 16.9 Å². The van der Waals surface area contributed by atoms with Gasteiger partial charge in [-0.05, 0) is 37.6 Å². The van der Waals surface area contributed by atoms with Crippen LogP contribution in [-0.4, -0.2) is 42.3 Å². The number of imidazole rings is 1. The molecule has 3 aromatic rings. The number of hydrogen-bond acceptors (Lipinski definition) is 4. The molecule has 1 aromatic heterocycles. The fraction of sp³-hybridized carbons (Fsp3) is 0.364. The van der Waals surface area contributed by atoms with Crippen molar-refractivity contribution < 1.29 is 14.3 Å². The van der Waals surface area contributed by atoms with E-state index in [0.717, 1.165) is 35.6 Å². The van der Waals surface area contributed by atoms with Crippen LogP contribution in [-0.2, 0) is 22.5 Å². The van der Waals surface area contributed by atoms with Crippen LogP contribution in [0.5, 0.6) is 5.75 Å². The number of hydrogen-bond donors (Lipinski definition) is 1. The molecule has 0 spiro atoms. The summed E-state index contributed by atoms with van der Waals surface area (Å²) in [6.07, 6.45) is 1.54. The summed E-state index contributed by atoms with van der Waals surface area (Å²) in [5.41, 5.74) is 3.30. The Balaban J connectivity index is 1.60. The highest BCUT2D eigenvalue weighted by atomic mass is 16.5. The second-order valence-electron chi connectivity index (χ2n) is 6.72. The third-order valence-electron chi connectivity index (χ3n) is 4.50. The van der Waals surface area contributed by atoms with Crippen molar-refractivity contribution in [2.75, 3.05) is 26.9 Å². The molecule has 0 aliphatic rings. The van der Waals surface area contributed by atoms with Gasteiger partial charge in [-0.2, -0.15) is 0 Å². The summed E-state index contributed by atoms with van der Waals surface area (Å²) >= 11 is 0. The van der Waals surface area contributed by atoms with Crippen LogP contribution in [0.1, 0.15) is 17.8 Å². The fourth-order valence-corrected chi connectivity index (χ4v) is 3.11. The third-order valence-corrected chi connectivity index (χ3v) is 4.50. The van der Waals surface area contributed by atoms with Gasteiger partial charge in [0.15, 0.2) is 0 Å². The first-order chi connectivity index (χ1) is 13.7. The zero-order valence-electron chi connectivity index (χ0n) is 16.5. The minimum Gasteiger partial charge on any atom is -0.494 e. The number of benzene rings is 2. The largest absolute Gasteiger partial charge is 0.494 e. The molecule has 0 bridgehead atoms. The molecule has 0 fully saturated rings. The zero-order valence-corrected chi connectivity index (χ0v) is 16.5. The first-order valence-electron chi connectivity index (χ1n) is 9.56. The van der Waals surface area contributed by atoms with Gasteiger partial charge in [0.2, 0.25) is 5.91 Å². The summed E-state index contributed by atoms with van der Waals surface area (Å²) < 4.78 is 12.9. The van der Waals surface area contributed by atoms with Gasteiger partial charge < -0.3 is 19.4 Å². The van der Waals surface area contributed by atoms with Gasteiger partial charge in [-0.3, -0.25) is 4.79 Å². The molecule has 0 aliphatic heterocycles. The van der Waals surface area contributed by atoms with Crippen LogP contribution >= 0.6 is 0 Å². The number of carbonyl (C=O) groups is 1. The van der Waals surface area contributed by atoms with Gasteiger partial charge in [-0.25, -0.2) is 4.98 Å². The van der Waals surface area contributed by atoms with Crippen molar-refractivity contribution in [3.63, 3.8) is 0 Å². The van der Waals surface area contributed by atoms with Crippen LogP contribution < -0.4 is 10.1 Å². The first kappa shape index (κ1) is 19.9. The molecule has 0 atom stereocenters. The summed E-state index contributed by atoms with van der Waals surface area (Å²) in [4.78, 5) is 16.3. The lowest BCUT2D eigenvalue weighted by Gasteiger charge is -2.11. The Morgan fingerprint density at radius 3 is 2.71 bits per heavy atom. The van der Waals surface area contributed by atoms with E-state index in [9.17, 15) is 4.79 Å². The highest BCUT2D eigenvalue weighted by Crippen LogP contribution is 2.17. The standard InChI is InChI=1S/C22H27N3O3/c1-17-8-10-18(11-9-17)28-15-5-14-25-20-7-4-3-6-19(20)24-21(25)12-13-23-22(26)16-27-2/h3-4,6-11H,5,12-16H2,1-2H3,(H,23,26). The molecule has 1 heterocycles. The van der Waals surface area contributed by atoms with E-state index >= 15 is 0 Å². The van der Waals surface area contributed by atoms with E-state index in [4.69, 9.17) is 14.5 Å². The molecule has 0 saturated carbocycles. The van der Waals surface area contributed by atoms with E-state index in [2.05, 4.69) is 35.0 Å². The predicted octanol–water partition coefficient (Wildman–Crippen LogP) is 3.12. The van der Waals surface area contributed by atoms with Gasteiger partial charge in [0.05, 0.1) is 17.6 Å². The normalized spacial score (nSPS) is 10.9. The highest BCUT2D eigenvalue weighted by Gasteiger charge is 2.11. The fourth-order valence-electron chi connectivity index (χ4n) is 3.11. The lowest BCUT2D eigenvalue weighted by Crippen LogP contribution is -2.29. The number of methoxy groups -OCH3 is 1. The average molecular weight is 381 g/mol. The topological polar surface area (TPSA) is 65.4 Å². The lowest BCUT2D eigenvalue weighted by atomic mass is 10.2. The van der Waals surface area contributed by atoms with Crippen LogP contribution in [0.2, 0.25) is 0 Å². The molecule has 1 N–H and O–H groups in total. The maximum atomic E-state index is 11.6. The van der Waals surface area contributed by atoms with Crippen molar-refractivity contribution in [2.24, 2.45) is 0 Å². The minimum absolute atomic E-state index is 0.0762. The number of aromatic nitrogens is 2. The van der Waals surface area contributed by atoms with Crippen molar-refractivity contribution in [3.05, 3.63) is 59.9 Å². The maximum Gasteiger partial charge on any atom is 0.245 e. The SMILES string of the molecule is COCC(=O)NCCc1nc2ccccc2n1CCCOc1ccc(C)cc1. The summed E-state index contributed by atoms with van der Waals surface area (Å²) in [5, 5.41) is 2.85. The van der Waals surface area contributed by atoms with Crippen LogP contribution in [0.15, 0.2) is 48.5 Å². The number of fused-ring (bicyclic) bond motifs is 1. The predicted molar refractivity (Wildman–Crippen MR) is 110 cm³/mol. The van der Waals surface area contributed by atoms with Crippen LogP contribution in [0.25, 0.3) is 11.0 Å². The van der Waals surface area contributed by atoms with Crippen molar-refractivity contribution in [2.45, 2.75) is 26.3 Å². The van der Waals surface area contributed by atoms with Gasteiger partial charge in [0.1, 0.15) is 18.2 Å². The Kier molecular flexibility index (Phi) is 7.03. The van der Waals surface area contributed by atoms with Crippen molar-refractivity contribution in [1.29, 1.82) is 0 Å². The van der Waals surface area contributed by atoms with Crippen LogP contribution in [0.3, 0.4) is 0 Å². The summed E-state index contributed by atoms with van der Waals surface area (Å²) in [6, 6.07) is 16.2. The lowest BCUT2D eigenvalue weighted by molar-refractivity contribution is -0.124. The minimum atomic E-state index is -0.114. The maximum absolute atomic E-state index is 11.6. The van der Waals surface area contributed by atoms with E-state index in [-0.39, 0.29) is 12.5 Å². The molecular weight excluding hydrogens is 354 g/mol. The number of amides is 1. The number of para-hydroxylation sites is 2. The molecule has 6 heteroatoms. The number of rotatable bonds is 10. The summed E-state index contributed by atoms with van der Waals surface area (Å²) in [7, 11) is 1.51. The Morgan fingerprint density at radius 2 is 1.93 bits per heavy atom.